The van der Waals surface area contributed by atoms with E-state index in [9.17, 15) is 0 Å². The average Bonchev–Trinajstić information content (AvgIpc) is 2.31. The van der Waals surface area contributed by atoms with Gasteiger partial charge < -0.3 is 5.11 Å². The zero-order valence-corrected chi connectivity index (χ0v) is 10.7. The molecule has 0 radical (unpaired) electrons. The molecule has 0 saturated carbocycles. The topological polar surface area (TPSA) is 53.0 Å². The van der Waals surface area contributed by atoms with E-state index in [-0.39, 0.29) is 0 Å². The Kier molecular flexibility index (Phi) is 7.16. The van der Waals surface area contributed by atoms with Crippen molar-refractivity contribution in [3.05, 3.63) is 0 Å². The summed E-state index contributed by atoms with van der Waals surface area (Å²) in [4.78, 5) is 14.8. The summed E-state index contributed by atoms with van der Waals surface area (Å²) in [5, 5.41) is 11.7. The molecule has 2 saturated heterocycles. The fourth-order valence-electron chi connectivity index (χ4n) is 2.06. The summed E-state index contributed by atoms with van der Waals surface area (Å²) in [5.41, 5.74) is 0. The minimum Gasteiger partial charge on any atom is -0.481 e. The van der Waals surface area contributed by atoms with Crippen molar-refractivity contribution in [3.63, 3.8) is 0 Å². The van der Waals surface area contributed by atoms with Gasteiger partial charge in [-0.05, 0) is 25.7 Å². The lowest BCUT2D eigenvalue weighted by molar-refractivity contribution is -0.333. The summed E-state index contributed by atoms with van der Waals surface area (Å²) < 4.78 is 0. The number of nitrogens with zero attached hydrogens (tertiary/aromatic N) is 2. The van der Waals surface area contributed by atoms with E-state index in [1.165, 1.54) is 38.5 Å². The van der Waals surface area contributed by atoms with Crippen LogP contribution in [0.3, 0.4) is 0 Å². The summed E-state index contributed by atoms with van der Waals surface area (Å²) in [6.45, 7) is 5.57. The molecule has 1 N–H and O–H groups in total. The molecule has 2 aliphatic heterocycles. The first kappa shape index (κ1) is 14.4. The number of hydrogen-bond acceptors (Lipinski definition) is 4. The molecule has 0 amide bonds. The molecule has 100 valence electrons. The standard InChI is InChI=1S/C10H20N2O.C2H4O2/c1-3-7-11(8-4-1)13-12-9-5-2-6-10-12;1-2(3)4/h1-10H2;1H3,(H,3,4). The van der Waals surface area contributed by atoms with Gasteiger partial charge in [-0.1, -0.05) is 12.8 Å². The molecule has 0 spiro atoms. The normalized spacial score (nSPS) is 22.6. The van der Waals surface area contributed by atoms with Crippen LogP contribution in [-0.2, 0) is 9.73 Å². The Morgan fingerprint density at radius 2 is 1.18 bits per heavy atom. The van der Waals surface area contributed by atoms with Crippen LogP contribution in [-0.4, -0.2) is 47.4 Å². The van der Waals surface area contributed by atoms with Gasteiger partial charge >= 0.3 is 0 Å². The number of rotatable bonds is 2. The molecule has 5 heteroatoms. The summed E-state index contributed by atoms with van der Waals surface area (Å²) in [6.07, 6.45) is 7.95. The third-order valence-electron chi connectivity index (χ3n) is 2.86. The summed E-state index contributed by atoms with van der Waals surface area (Å²) in [6, 6.07) is 0. The molecule has 17 heavy (non-hydrogen) atoms. The Morgan fingerprint density at radius 3 is 1.47 bits per heavy atom. The van der Waals surface area contributed by atoms with E-state index in [0.29, 0.717) is 0 Å². The van der Waals surface area contributed by atoms with Gasteiger partial charge in [0.05, 0.1) is 0 Å². The Morgan fingerprint density at radius 1 is 0.882 bits per heavy atom. The average molecular weight is 244 g/mol. The van der Waals surface area contributed by atoms with Gasteiger partial charge in [0, 0.05) is 33.1 Å². The molecule has 2 heterocycles. The first-order valence-electron chi connectivity index (χ1n) is 6.56. The van der Waals surface area contributed by atoms with Crippen LogP contribution in [0, 0.1) is 0 Å². The molecule has 0 atom stereocenters. The molecule has 2 fully saturated rings. The second kappa shape index (κ2) is 8.44. The lowest BCUT2D eigenvalue weighted by atomic mass is 10.2. The first-order valence-corrected chi connectivity index (χ1v) is 6.56. The fraction of sp³-hybridized carbons (Fsp3) is 0.917. The summed E-state index contributed by atoms with van der Waals surface area (Å²) in [7, 11) is 0. The summed E-state index contributed by atoms with van der Waals surface area (Å²) >= 11 is 0. The Hall–Kier alpha value is -0.650. The van der Waals surface area contributed by atoms with Crippen LogP contribution in [0.1, 0.15) is 45.4 Å². The highest BCUT2D eigenvalue weighted by Gasteiger charge is 2.16. The second-order valence-electron chi connectivity index (χ2n) is 4.58. The van der Waals surface area contributed by atoms with E-state index in [1.807, 2.05) is 0 Å². The van der Waals surface area contributed by atoms with E-state index < -0.39 is 5.97 Å². The van der Waals surface area contributed by atoms with Gasteiger partial charge in [0.1, 0.15) is 0 Å². The van der Waals surface area contributed by atoms with E-state index >= 15 is 0 Å². The zero-order valence-electron chi connectivity index (χ0n) is 10.7. The Bertz CT molecular complexity index is 192. The van der Waals surface area contributed by atoms with Crippen LogP contribution in [0.15, 0.2) is 0 Å². The lowest BCUT2D eigenvalue weighted by Gasteiger charge is -2.33. The number of hydrogen-bond donors (Lipinski definition) is 1. The number of hydroxylamine groups is 4. The predicted molar refractivity (Wildman–Crippen MR) is 65.2 cm³/mol. The molecule has 0 aromatic rings. The fourth-order valence-corrected chi connectivity index (χ4v) is 2.06. The van der Waals surface area contributed by atoms with Crippen LogP contribution in [0.5, 0.6) is 0 Å². The number of piperidine rings is 2. The van der Waals surface area contributed by atoms with Crippen molar-refractivity contribution >= 4 is 5.97 Å². The first-order chi connectivity index (χ1) is 8.18. The van der Waals surface area contributed by atoms with Crippen LogP contribution in [0.4, 0.5) is 0 Å². The molecule has 0 aromatic carbocycles. The monoisotopic (exact) mass is 244 g/mol. The molecule has 0 bridgehead atoms. The van der Waals surface area contributed by atoms with Gasteiger partial charge in [0.15, 0.2) is 0 Å². The van der Waals surface area contributed by atoms with Crippen molar-refractivity contribution in [2.75, 3.05) is 26.2 Å². The lowest BCUT2D eigenvalue weighted by Crippen LogP contribution is -2.40. The maximum absolute atomic E-state index is 9.00. The SMILES string of the molecule is C1CCN(ON2CCCCC2)CC1.CC(=O)O. The van der Waals surface area contributed by atoms with Gasteiger partial charge in [0.2, 0.25) is 0 Å². The van der Waals surface area contributed by atoms with Crippen LogP contribution < -0.4 is 0 Å². The van der Waals surface area contributed by atoms with Crippen molar-refractivity contribution < 1.29 is 14.8 Å². The van der Waals surface area contributed by atoms with Crippen molar-refractivity contribution in [1.82, 2.24) is 10.1 Å². The third-order valence-corrected chi connectivity index (χ3v) is 2.86. The number of carboxylic acids is 1. The van der Waals surface area contributed by atoms with Crippen molar-refractivity contribution in [2.24, 2.45) is 0 Å². The number of aliphatic carboxylic acids is 1. The largest absolute Gasteiger partial charge is 0.481 e. The minimum atomic E-state index is -0.833. The molecular formula is C12H24N2O3. The van der Waals surface area contributed by atoms with Crippen molar-refractivity contribution in [1.29, 1.82) is 0 Å². The molecule has 0 unspecified atom stereocenters. The minimum absolute atomic E-state index is 0.833. The molecule has 0 aromatic heterocycles. The molecule has 0 aliphatic carbocycles. The maximum Gasteiger partial charge on any atom is 0.300 e. The molecule has 2 aliphatic rings. The number of carbonyl (C=O) groups is 1. The van der Waals surface area contributed by atoms with Crippen LogP contribution >= 0.6 is 0 Å². The van der Waals surface area contributed by atoms with E-state index in [1.54, 1.807) is 0 Å². The van der Waals surface area contributed by atoms with Gasteiger partial charge in [0.25, 0.3) is 5.97 Å². The van der Waals surface area contributed by atoms with Crippen molar-refractivity contribution in [2.45, 2.75) is 45.4 Å². The van der Waals surface area contributed by atoms with E-state index in [4.69, 9.17) is 14.8 Å². The quantitative estimate of drug-likeness (QED) is 0.804. The maximum atomic E-state index is 9.00. The van der Waals surface area contributed by atoms with E-state index in [2.05, 4.69) is 10.1 Å². The molecule has 2 rings (SSSR count). The van der Waals surface area contributed by atoms with Crippen molar-refractivity contribution in [3.8, 4) is 0 Å². The third kappa shape index (κ3) is 7.31. The Balaban J connectivity index is 0.000000317. The van der Waals surface area contributed by atoms with Crippen LogP contribution in [0.25, 0.3) is 0 Å². The Labute approximate surface area is 103 Å². The highest BCUT2D eigenvalue weighted by atomic mass is 16.8. The highest BCUT2D eigenvalue weighted by Crippen LogP contribution is 2.14. The predicted octanol–water partition coefficient (Wildman–Crippen LogP) is 1.90. The summed E-state index contributed by atoms with van der Waals surface area (Å²) in [5.74, 6) is -0.833. The van der Waals surface area contributed by atoms with Gasteiger partial charge in [-0.2, -0.15) is 10.1 Å². The van der Waals surface area contributed by atoms with Gasteiger partial charge in [-0.15, -0.1) is 0 Å². The second-order valence-corrected chi connectivity index (χ2v) is 4.58. The molecule has 5 nitrogen and oxygen atoms in total. The van der Waals surface area contributed by atoms with Gasteiger partial charge in [-0.3, -0.25) is 4.79 Å². The van der Waals surface area contributed by atoms with Gasteiger partial charge in [-0.25, -0.2) is 4.94 Å². The van der Waals surface area contributed by atoms with E-state index in [0.717, 1.165) is 33.1 Å². The zero-order chi connectivity index (χ0) is 12.5. The smallest absolute Gasteiger partial charge is 0.300 e. The van der Waals surface area contributed by atoms with Crippen LogP contribution in [0.2, 0.25) is 0 Å². The number of carboxylic acid groups (broad SMARTS) is 1. The highest BCUT2D eigenvalue weighted by molar-refractivity contribution is 5.62. The molecular weight excluding hydrogens is 220 g/mol.